The predicted octanol–water partition coefficient (Wildman–Crippen LogP) is 5.23. The summed E-state index contributed by atoms with van der Waals surface area (Å²) in [6.45, 7) is 5.03. The molecule has 0 aliphatic carbocycles. The van der Waals surface area contributed by atoms with E-state index in [0.717, 1.165) is 55.9 Å². The molecule has 0 atom stereocenters. The second-order valence-corrected chi connectivity index (χ2v) is 9.71. The molecule has 4 aromatic rings. The van der Waals surface area contributed by atoms with Crippen LogP contribution in [0.4, 0.5) is 5.69 Å². The number of carbonyl (C=O) groups is 1. The molecule has 2 aromatic heterocycles. The van der Waals surface area contributed by atoms with Crippen molar-refractivity contribution in [1.82, 2.24) is 14.7 Å². The van der Waals surface area contributed by atoms with Crippen LogP contribution < -0.4 is 9.64 Å². The number of hydrogen-bond donors (Lipinski definition) is 0. The number of carbonyl (C=O) groups excluding carboxylic acids is 1. The first-order chi connectivity index (χ1) is 15.9. The zero-order chi connectivity index (χ0) is 23.1. The molecule has 0 spiro atoms. The maximum atomic E-state index is 13.3. The largest absolute Gasteiger partial charge is 0.497 e. The monoisotopic (exact) mass is 480 g/mol. The third-order valence-corrected chi connectivity index (χ3v) is 7.57. The first-order valence-electron chi connectivity index (χ1n) is 10.9. The van der Waals surface area contributed by atoms with Gasteiger partial charge >= 0.3 is 0 Å². The molecule has 33 heavy (non-hydrogen) atoms. The maximum absolute atomic E-state index is 13.3. The van der Waals surface area contributed by atoms with Gasteiger partial charge in [0.1, 0.15) is 16.3 Å². The Balaban J connectivity index is 1.37. The van der Waals surface area contributed by atoms with E-state index >= 15 is 0 Å². The molecule has 0 radical (unpaired) electrons. The van der Waals surface area contributed by atoms with Crippen LogP contribution in [0.5, 0.6) is 5.75 Å². The number of fused-ring (bicyclic) bond motifs is 1. The average Bonchev–Trinajstić information content (AvgIpc) is 3.41. The number of ether oxygens (including phenoxy) is 1. The highest BCUT2D eigenvalue weighted by atomic mass is 35.5. The van der Waals surface area contributed by atoms with Gasteiger partial charge in [-0.2, -0.15) is 5.10 Å². The molecule has 1 amide bonds. The van der Waals surface area contributed by atoms with Crippen molar-refractivity contribution in [2.24, 2.45) is 7.05 Å². The number of amides is 1. The quantitative estimate of drug-likeness (QED) is 0.401. The first kappa shape index (κ1) is 21.8. The normalized spacial score (nSPS) is 14.2. The number of rotatable bonds is 4. The minimum atomic E-state index is 0.0789. The summed E-state index contributed by atoms with van der Waals surface area (Å²) in [4.78, 5) is 19.3. The third-order valence-electron chi connectivity index (χ3n) is 6.14. The van der Waals surface area contributed by atoms with Crippen LogP contribution >= 0.6 is 22.9 Å². The first-order valence-corrected chi connectivity index (χ1v) is 12.1. The molecule has 1 aliphatic rings. The molecule has 8 heteroatoms. The highest BCUT2D eigenvalue weighted by Gasteiger charge is 2.26. The van der Waals surface area contributed by atoms with E-state index in [1.807, 2.05) is 65.2 Å². The van der Waals surface area contributed by atoms with Crippen molar-refractivity contribution in [3.8, 4) is 17.0 Å². The van der Waals surface area contributed by atoms with Crippen molar-refractivity contribution in [2.45, 2.75) is 6.92 Å². The van der Waals surface area contributed by atoms with Gasteiger partial charge in [0, 0.05) is 54.9 Å². The molecule has 0 N–H and O–H groups in total. The molecule has 2 aromatic carbocycles. The standard InChI is InChI=1S/C25H25ClN4O2S/c1-16-7-8-18(26)14-21(16)29-9-11-30(12-10-29)24(31)22-15-20-23(27-28(2)25(20)33-22)17-5-4-6-19(13-17)32-3/h4-8,13-15H,9-12H2,1-3H3. The van der Waals surface area contributed by atoms with Crippen LogP contribution in [0.3, 0.4) is 0 Å². The lowest BCUT2D eigenvalue weighted by Gasteiger charge is -2.36. The molecule has 0 saturated carbocycles. The predicted molar refractivity (Wildman–Crippen MR) is 135 cm³/mol. The summed E-state index contributed by atoms with van der Waals surface area (Å²) in [6.07, 6.45) is 0. The molecule has 1 aliphatic heterocycles. The second kappa shape index (κ2) is 8.72. The van der Waals surface area contributed by atoms with E-state index < -0.39 is 0 Å². The van der Waals surface area contributed by atoms with E-state index in [4.69, 9.17) is 21.4 Å². The average molecular weight is 481 g/mol. The second-order valence-electron chi connectivity index (χ2n) is 8.24. The number of aryl methyl sites for hydroxylation is 2. The van der Waals surface area contributed by atoms with Gasteiger partial charge in [0.05, 0.1) is 12.0 Å². The number of piperazine rings is 1. The minimum Gasteiger partial charge on any atom is -0.497 e. The van der Waals surface area contributed by atoms with Crippen LogP contribution in [0.1, 0.15) is 15.2 Å². The molecule has 1 saturated heterocycles. The smallest absolute Gasteiger partial charge is 0.264 e. The number of hydrogen-bond acceptors (Lipinski definition) is 5. The van der Waals surface area contributed by atoms with E-state index in [0.29, 0.717) is 13.1 Å². The molecule has 170 valence electrons. The topological polar surface area (TPSA) is 50.6 Å². The number of halogens is 1. The molecule has 6 nitrogen and oxygen atoms in total. The van der Waals surface area contributed by atoms with Gasteiger partial charge in [0.15, 0.2) is 0 Å². The third kappa shape index (κ3) is 4.07. The van der Waals surface area contributed by atoms with Gasteiger partial charge in [-0.05, 0) is 42.8 Å². The van der Waals surface area contributed by atoms with Gasteiger partial charge in [0.2, 0.25) is 0 Å². The van der Waals surface area contributed by atoms with E-state index in [-0.39, 0.29) is 5.91 Å². The number of benzene rings is 2. The van der Waals surface area contributed by atoms with E-state index in [1.165, 1.54) is 16.9 Å². The molecule has 0 unspecified atom stereocenters. The summed E-state index contributed by atoms with van der Waals surface area (Å²) < 4.78 is 7.22. The highest BCUT2D eigenvalue weighted by molar-refractivity contribution is 7.20. The summed E-state index contributed by atoms with van der Waals surface area (Å²) in [5, 5.41) is 6.43. The van der Waals surface area contributed by atoms with Crippen LogP contribution in [0.25, 0.3) is 21.5 Å². The van der Waals surface area contributed by atoms with Crippen molar-refractivity contribution in [3.05, 3.63) is 64.0 Å². The number of methoxy groups -OCH3 is 1. The van der Waals surface area contributed by atoms with Gasteiger partial charge in [0.25, 0.3) is 5.91 Å². The van der Waals surface area contributed by atoms with Crippen LogP contribution in [-0.4, -0.2) is 53.9 Å². The SMILES string of the molecule is COc1cccc(-c2nn(C)c3sc(C(=O)N4CCN(c5cc(Cl)ccc5C)CC4)cc23)c1. The Morgan fingerprint density at radius 3 is 2.64 bits per heavy atom. The Hall–Kier alpha value is -3.03. The van der Waals surface area contributed by atoms with Crippen LogP contribution in [0.2, 0.25) is 5.02 Å². The van der Waals surface area contributed by atoms with Crippen molar-refractivity contribution >= 4 is 44.7 Å². The van der Waals surface area contributed by atoms with Crippen LogP contribution in [0, 0.1) is 6.92 Å². The summed E-state index contributed by atoms with van der Waals surface area (Å²) in [6, 6.07) is 15.8. The van der Waals surface area contributed by atoms with Crippen LogP contribution in [0.15, 0.2) is 48.5 Å². The zero-order valence-corrected chi connectivity index (χ0v) is 20.4. The molecule has 5 rings (SSSR count). The van der Waals surface area contributed by atoms with Crippen molar-refractivity contribution in [1.29, 1.82) is 0 Å². The van der Waals surface area contributed by atoms with Gasteiger partial charge in [-0.3, -0.25) is 9.48 Å². The Morgan fingerprint density at radius 2 is 1.88 bits per heavy atom. The Morgan fingerprint density at radius 1 is 1.09 bits per heavy atom. The lowest BCUT2D eigenvalue weighted by Crippen LogP contribution is -2.48. The van der Waals surface area contributed by atoms with Crippen molar-refractivity contribution in [2.75, 3.05) is 38.2 Å². The fourth-order valence-electron chi connectivity index (χ4n) is 4.36. The summed E-state index contributed by atoms with van der Waals surface area (Å²) in [5.74, 6) is 0.862. The van der Waals surface area contributed by atoms with Crippen molar-refractivity contribution < 1.29 is 9.53 Å². The van der Waals surface area contributed by atoms with E-state index in [9.17, 15) is 4.79 Å². The molecular weight excluding hydrogens is 456 g/mol. The summed E-state index contributed by atoms with van der Waals surface area (Å²) >= 11 is 7.71. The molecular formula is C25H25ClN4O2S. The number of aromatic nitrogens is 2. The van der Waals surface area contributed by atoms with E-state index in [1.54, 1.807) is 7.11 Å². The maximum Gasteiger partial charge on any atom is 0.264 e. The van der Waals surface area contributed by atoms with Gasteiger partial charge < -0.3 is 14.5 Å². The van der Waals surface area contributed by atoms with Gasteiger partial charge in [-0.25, -0.2) is 0 Å². The lowest BCUT2D eigenvalue weighted by atomic mass is 10.1. The number of nitrogens with zero attached hydrogens (tertiary/aromatic N) is 4. The van der Waals surface area contributed by atoms with Gasteiger partial charge in [-0.15, -0.1) is 11.3 Å². The van der Waals surface area contributed by atoms with E-state index in [2.05, 4.69) is 11.8 Å². The minimum absolute atomic E-state index is 0.0789. The summed E-state index contributed by atoms with van der Waals surface area (Å²) in [7, 11) is 3.57. The van der Waals surface area contributed by atoms with Gasteiger partial charge in [-0.1, -0.05) is 29.8 Å². The fourth-order valence-corrected chi connectivity index (χ4v) is 5.57. The Labute approximate surface area is 201 Å². The van der Waals surface area contributed by atoms with Crippen LogP contribution in [-0.2, 0) is 7.05 Å². The molecule has 1 fully saturated rings. The number of anilines is 1. The fraction of sp³-hybridized carbons (Fsp3) is 0.280. The number of thiophene rings is 1. The Kier molecular flexibility index (Phi) is 5.76. The lowest BCUT2D eigenvalue weighted by molar-refractivity contribution is 0.0751. The molecule has 0 bridgehead atoms. The summed E-state index contributed by atoms with van der Waals surface area (Å²) in [5.41, 5.74) is 4.18. The van der Waals surface area contributed by atoms with Crippen molar-refractivity contribution in [3.63, 3.8) is 0 Å². The Bertz CT molecular complexity index is 1340. The highest BCUT2D eigenvalue weighted by Crippen LogP contribution is 2.35. The molecule has 3 heterocycles. The zero-order valence-electron chi connectivity index (χ0n) is 18.8.